The maximum atomic E-state index is 12.5. The molecule has 3 heterocycles. The van der Waals surface area contributed by atoms with E-state index in [9.17, 15) is 9.59 Å². The van der Waals surface area contributed by atoms with Crippen LogP contribution in [0.5, 0.6) is 0 Å². The molecule has 0 saturated carbocycles. The molecular formula is C26H30N4O3. The third-order valence-corrected chi connectivity index (χ3v) is 6.70. The zero-order valence-corrected chi connectivity index (χ0v) is 18.8. The third-order valence-electron chi connectivity index (χ3n) is 6.70. The number of likely N-dealkylation sites (tertiary alicyclic amines) is 2. The molecule has 3 aromatic rings. The van der Waals surface area contributed by atoms with Crippen molar-refractivity contribution in [1.82, 2.24) is 20.1 Å². The Bertz CT molecular complexity index is 1080. The number of rotatable bonds is 6. The average Bonchev–Trinajstić information content (AvgIpc) is 3.53. The van der Waals surface area contributed by atoms with Gasteiger partial charge in [-0.25, -0.2) is 4.98 Å². The molecule has 1 aromatic heterocycles. The van der Waals surface area contributed by atoms with Crippen LogP contribution in [0.25, 0.3) is 11.1 Å². The van der Waals surface area contributed by atoms with Crippen molar-refractivity contribution in [2.75, 3.05) is 32.7 Å². The number of hydrogen-bond donors (Lipinski definition) is 1. The minimum Gasteiger partial charge on any atom is -0.440 e. The first-order valence-corrected chi connectivity index (χ1v) is 11.9. The molecule has 0 aliphatic carbocycles. The number of amides is 2. The smallest absolute Gasteiger partial charge is 0.253 e. The van der Waals surface area contributed by atoms with Crippen molar-refractivity contribution in [2.45, 2.75) is 38.1 Å². The lowest BCUT2D eigenvalue weighted by Crippen LogP contribution is -2.41. The molecule has 2 saturated heterocycles. The number of carbonyl (C=O) groups excluding carboxylic acids is 2. The third kappa shape index (κ3) is 5.09. The minimum absolute atomic E-state index is 0.0209. The second kappa shape index (κ2) is 9.75. The van der Waals surface area contributed by atoms with Crippen molar-refractivity contribution in [3.63, 3.8) is 0 Å². The van der Waals surface area contributed by atoms with E-state index < -0.39 is 0 Å². The van der Waals surface area contributed by atoms with Crippen molar-refractivity contribution >= 4 is 22.9 Å². The Hall–Kier alpha value is -3.19. The molecule has 172 valence electrons. The van der Waals surface area contributed by atoms with Crippen LogP contribution in [-0.2, 0) is 11.3 Å². The van der Waals surface area contributed by atoms with Crippen LogP contribution in [0.15, 0.2) is 52.9 Å². The number of para-hydroxylation sites is 2. The molecule has 7 nitrogen and oxygen atoms in total. The Balaban J connectivity index is 1.06. The van der Waals surface area contributed by atoms with Gasteiger partial charge in [-0.15, -0.1) is 0 Å². The lowest BCUT2D eigenvalue weighted by atomic mass is 9.97. The Kier molecular flexibility index (Phi) is 6.39. The zero-order chi connectivity index (χ0) is 22.6. The number of carbonyl (C=O) groups is 2. The summed E-state index contributed by atoms with van der Waals surface area (Å²) in [5, 5.41) is 3.00. The van der Waals surface area contributed by atoms with Gasteiger partial charge < -0.3 is 14.6 Å². The molecular weight excluding hydrogens is 416 g/mol. The highest BCUT2D eigenvalue weighted by molar-refractivity contribution is 5.94. The van der Waals surface area contributed by atoms with Crippen molar-refractivity contribution in [1.29, 1.82) is 0 Å². The van der Waals surface area contributed by atoms with Crippen molar-refractivity contribution < 1.29 is 14.0 Å². The summed E-state index contributed by atoms with van der Waals surface area (Å²) in [7, 11) is 0. The number of nitrogens with one attached hydrogen (secondary N) is 1. The molecule has 0 spiro atoms. The predicted molar refractivity (Wildman–Crippen MR) is 126 cm³/mol. The highest BCUT2D eigenvalue weighted by Crippen LogP contribution is 2.29. The van der Waals surface area contributed by atoms with Crippen molar-refractivity contribution in [2.24, 2.45) is 0 Å². The van der Waals surface area contributed by atoms with Gasteiger partial charge in [0.05, 0.1) is 6.54 Å². The van der Waals surface area contributed by atoms with E-state index >= 15 is 0 Å². The Morgan fingerprint density at radius 3 is 2.42 bits per heavy atom. The monoisotopic (exact) mass is 446 g/mol. The molecule has 2 aromatic carbocycles. The van der Waals surface area contributed by atoms with Gasteiger partial charge in [0.1, 0.15) is 5.52 Å². The van der Waals surface area contributed by atoms with Crippen molar-refractivity contribution in [3.05, 3.63) is 65.5 Å². The number of piperidine rings is 1. The quantitative estimate of drug-likeness (QED) is 0.626. The molecule has 2 aliphatic heterocycles. The van der Waals surface area contributed by atoms with E-state index in [2.05, 4.69) is 15.2 Å². The molecule has 0 unspecified atom stereocenters. The van der Waals surface area contributed by atoms with Crippen LogP contribution in [0.4, 0.5) is 0 Å². The summed E-state index contributed by atoms with van der Waals surface area (Å²) in [6.45, 7) is 4.27. The fraction of sp³-hybridized carbons (Fsp3) is 0.423. The summed E-state index contributed by atoms with van der Waals surface area (Å²) in [6.07, 6.45) is 4.05. The molecule has 0 bridgehead atoms. The molecule has 33 heavy (non-hydrogen) atoms. The lowest BCUT2D eigenvalue weighted by molar-refractivity contribution is -0.122. The van der Waals surface area contributed by atoms with E-state index in [4.69, 9.17) is 4.42 Å². The van der Waals surface area contributed by atoms with Crippen LogP contribution in [-0.4, -0.2) is 59.3 Å². The van der Waals surface area contributed by atoms with E-state index in [1.54, 1.807) is 0 Å². The molecule has 2 aliphatic rings. The summed E-state index contributed by atoms with van der Waals surface area (Å²) >= 11 is 0. The van der Waals surface area contributed by atoms with Crippen LogP contribution < -0.4 is 5.32 Å². The molecule has 1 N–H and O–H groups in total. The number of aromatic nitrogens is 1. The molecule has 2 fully saturated rings. The number of nitrogens with zero attached hydrogens (tertiary/aromatic N) is 3. The second-order valence-electron chi connectivity index (χ2n) is 9.04. The molecule has 5 rings (SSSR count). The Morgan fingerprint density at radius 2 is 1.70 bits per heavy atom. The minimum atomic E-state index is 0.0209. The normalized spacial score (nSPS) is 17.5. The predicted octanol–water partition coefficient (Wildman–Crippen LogP) is 3.56. The summed E-state index contributed by atoms with van der Waals surface area (Å²) in [4.78, 5) is 33.6. The first kappa shape index (κ1) is 21.6. The summed E-state index contributed by atoms with van der Waals surface area (Å²) in [5.41, 5.74) is 3.45. The largest absolute Gasteiger partial charge is 0.440 e. The second-order valence-corrected chi connectivity index (χ2v) is 9.04. The van der Waals surface area contributed by atoms with Gasteiger partial charge in [0.25, 0.3) is 5.91 Å². The topological polar surface area (TPSA) is 78.7 Å². The van der Waals surface area contributed by atoms with E-state index in [1.807, 2.05) is 53.4 Å². The van der Waals surface area contributed by atoms with Gasteiger partial charge in [0.2, 0.25) is 5.91 Å². The molecule has 0 atom stereocenters. The van der Waals surface area contributed by atoms with Crippen LogP contribution in [0.1, 0.15) is 53.4 Å². The SMILES string of the molecule is O=C(CN1CCC(c2nc3ccccc3o2)CC1)NCc1ccc(C(=O)N2CCCC2)cc1. The standard InChI is InChI=1S/C26H30N4O3/c31-24(27-17-19-7-9-21(10-8-19)26(32)30-13-3-4-14-30)18-29-15-11-20(12-16-29)25-28-22-5-1-2-6-23(22)33-25/h1-2,5-10,20H,3-4,11-18H2,(H,27,31). The van der Waals surface area contributed by atoms with Crippen molar-refractivity contribution in [3.8, 4) is 0 Å². The Labute approximate surface area is 193 Å². The average molecular weight is 447 g/mol. The maximum Gasteiger partial charge on any atom is 0.253 e. The lowest BCUT2D eigenvalue weighted by Gasteiger charge is -2.29. The highest BCUT2D eigenvalue weighted by atomic mass is 16.3. The first-order chi connectivity index (χ1) is 16.2. The van der Waals surface area contributed by atoms with E-state index in [1.165, 1.54) is 0 Å². The summed E-state index contributed by atoms with van der Waals surface area (Å²) in [6, 6.07) is 15.4. The van der Waals surface area contributed by atoms with Crippen LogP contribution in [0.2, 0.25) is 0 Å². The van der Waals surface area contributed by atoms with Crippen LogP contribution in [0.3, 0.4) is 0 Å². The zero-order valence-electron chi connectivity index (χ0n) is 18.8. The number of hydrogen-bond acceptors (Lipinski definition) is 5. The van der Waals surface area contributed by atoms with Crippen LogP contribution >= 0.6 is 0 Å². The summed E-state index contributed by atoms with van der Waals surface area (Å²) < 4.78 is 5.93. The van der Waals surface area contributed by atoms with Crippen LogP contribution in [0, 0.1) is 0 Å². The van der Waals surface area contributed by atoms with Gasteiger partial charge in [-0.3, -0.25) is 14.5 Å². The number of fused-ring (bicyclic) bond motifs is 1. The van der Waals surface area contributed by atoms with Gasteiger partial charge in [0, 0.05) is 31.1 Å². The van der Waals surface area contributed by atoms with E-state index in [-0.39, 0.29) is 11.8 Å². The Morgan fingerprint density at radius 1 is 0.970 bits per heavy atom. The highest BCUT2D eigenvalue weighted by Gasteiger charge is 2.25. The van der Waals surface area contributed by atoms with Gasteiger partial charge in [0.15, 0.2) is 11.5 Å². The molecule has 0 radical (unpaired) electrons. The van der Waals surface area contributed by atoms with Gasteiger partial charge in [-0.2, -0.15) is 0 Å². The first-order valence-electron chi connectivity index (χ1n) is 11.9. The van der Waals surface area contributed by atoms with Gasteiger partial charge >= 0.3 is 0 Å². The van der Waals surface area contributed by atoms with E-state index in [0.29, 0.717) is 24.6 Å². The molecule has 2 amide bonds. The van der Waals surface area contributed by atoms with E-state index in [0.717, 1.165) is 74.4 Å². The number of benzene rings is 2. The fourth-order valence-electron chi connectivity index (χ4n) is 4.73. The maximum absolute atomic E-state index is 12.5. The summed E-state index contributed by atoms with van der Waals surface area (Å²) in [5.74, 6) is 1.24. The van der Waals surface area contributed by atoms with Gasteiger partial charge in [-0.05, 0) is 68.6 Å². The number of oxazole rings is 1. The molecule has 7 heteroatoms. The fourth-order valence-corrected chi connectivity index (χ4v) is 4.73. The van der Waals surface area contributed by atoms with Gasteiger partial charge in [-0.1, -0.05) is 24.3 Å².